The van der Waals surface area contributed by atoms with E-state index in [2.05, 4.69) is 43.5 Å². The summed E-state index contributed by atoms with van der Waals surface area (Å²) in [5, 5.41) is 22.9. The van der Waals surface area contributed by atoms with Crippen molar-refractivity contribution in [1.29, 1.82) is 0 Å². The van der Waals surface area contributed by atoms with Crippen LogP contribution in [-0.4, -0.2) is 47.4 Å². The van der Waals surface area contributed by atoms with Gasteiger partial charge >= 0.3 is 5.97 Å². The van der Waals surface area contributed by atoms with E-state index in [1.165, 1.54) is 199 Å². The summed E-state index contributed by atoms with van der Waals surface area (Å²) in [7, 11) is 0. The third-order valence-corrected chi connectivity index (χ3v) is 12.2. The van der Waals surface area contributed by atoms with Crippen molar-refractivity contribution in [1.82, 2.24) is 5.32 Å². The molecule has 358 valence electrons. The van der Waals surface area contributed by atoms with Gasteiger partial charge in [-0.05, 0) is 64.2 Å². The van der Waals surface area contributed by atoms with Gasteiger partial charge in [0.1, 0.15) is 0 Å². The second-order valence-electron chi connectivity index (χ2n) is 18.2. The van der Waals surface area contributed by atoms with Crippen LogP contribution < -0.4 is 5.32 Å². The first kappa shape index (κ1) is 59.1. The van der Waals surface area contributed by atoms with E-state index < -0.39 is 12.1 Å². The minimum Gasteiger partial charge on any atom is -0.466 e. The quantitative estimate of drug-likeness (QED) is 0.0322. The van der Waals surface area contributed by atoms with Crippen LogP contribution in [0, 0.1) is 0 Å². The molecule has 0 aromatic rings. The molecule has 1 amide bonds. The zero-order valence-corrected chi connectivity index (χ0v) is 40.6. The maximum atomic E-state index is 12.4. The van der Waals surface area contributed by atoms with Crippen LogP contribution in [0.2, 0.25) is 0 Å². The minimum absolute atomic E-state index is 0.00483. The van der Waals surface area contributed by atoms with Crippen LogP contribution >= 0.6 is 0 Å². The van der Waals surface area contributed by atoms with Gasteiger partial charge in [-0.1, -0.05) is 237 Å². The number of ether oxygens (including phenoxy) is 1. The van der Waals surface area contributed by atoms with E-state index in [1.807, 2.05) is 6.08 Å². The number of nitrogens with one attached hydrogen (secondary N) is 1. The van der Waals surface area contributed by atoms with E-state index in [9.17, 15) is 19.8 Å². The summed E-state index contributed by atoms with van der Waals surface area (Å²) >= 11 is 0. The number of allylic oxidation sites excluding steroid dienone is 5. The third-order valence-electron chi connectivity index (χ3n) is 12.2. The molecular formula is C55H103NO5. The van der Waals surface area contributed by atoms with Crippen molar-refractivity contribution in [2.75, 3.05) is 13.2 Å². The predicted molar refractivity (Wildman–Crippen MR) is 264 cm³/mol. The highest BCUT2D eigenvalue weighted by Gasteiger charge is 2.18. The SMILES string of the molecule is CCCCC/C=C\C/C=C\CCCCCCCC(=O)OCCCCCCCCCCCCCCCCCCCCCCC(=O)NC(CO)C(O)/C=C/CCCCCCCCC. The number of carbonyl (C=O) groups excluding carboxylic acids is 2. The molecular weight excluding hydrogens is 755 g/mol. The Balaban J connectivity index is 3.39. The van der Waals surface area contributed by atoms with E-state index in [4.69, 9.17) is 4.74 Å². The lowest BCUT2D eigenvalue weighted by Gasteiger charge is -2.20. The summed E-state index contributed by atoms with van der Waals surface area (Å²) in [4.78, 5) is 24.4. The summed E-state index contributed by atoms with van der Waals surface area (Å²) in [5.74, 6) is -0.0782. The Morgan fingerprint density at radius 2 is 0.820 bits per heavy atom. The molecule has 0 spiro atoms. The molecule has 0 bridgehead atoms. The van der Waals surface area contributed by atoms with Gasteiger partial charge in [-0.25, -0.2) is 0 Å². The summed E-state index contributed by atoms with van der Waals surface area (Å²) < 4.78 is 5.47. The molecule has 0 saturated heterocycles. The predicted octanol–water partition coefficient (Wildman–Crippen LogP) is 16.1. The topological polar surface area (TPSA) is 95.9 Å². The Hall–Kier alpha value is -1.92. The summed E-state index contributed by atoms with van der Waals surface area (Å²) in [6, 6.07) is -0.627. The van der Waals surface area contributed by atoms with E-state index in [0.717, 1.165) is 51.4 Å². The first-order valence-electron chi connectivity index (χ1n) is 26.8. The maximum Gasteiger partial charge on any atom is 0.305 e. The molecule has 0 heterocycles. The summed E-state index contributed by atoms with van der Waals surface area (Å²) in [6.45, 7) is 4.83. The second-order valence-corrected chi connectivity index (χ2v) is 18.2. The number of hydrogen-bond donors (Lipinski definition) is 3. The molecule has 0 fully saturated rings. The molecule has 6 heteroatoms. The van der Waals surface area contributed by atoms with Crippen molar-refractivity contribution in [2.24, 2.45) is 0 Å². The number of hydrogen-bond acceptors (Lipinski definition) is 5. The van der Waals surface area contributed by atoms with Crippen molar-refractivity contribution in [2.45, 2.75) is 289 Å². The number of aliphatic hydroxyl groups excluding tert-OH is 2. The zero-order chi connectivity index (χ0) is 44.4. The molecule has 0 aliphatic heterocycles. The lowest BCUT2D eigenvalue weighted by Crippen LogP contribution is -2.45. The summed E-state index contributed by atoms with van der Waals surface area (Å²) in [5.41, 5.74) is 0. The highest BCUT2D eigenvalue weighted by Crippen LogP contribution is 2.16. The second kappa shape index (κ2) is 50.7. The number of carbonyl (C=O) groups is 2. The monoisotopic (exact) mass is 858 g/mol. The molecule has 0 aliphatic rings. The smallest absolute Gasteiger partial charge is 0.305 e. The normalized spacial score (nSPS) is 12.9. The lowest BCUT2D eigenvalue weighted by atomic mass is 10.0. The average molecular weight is 858 g/mol. The van der Waals surface area contributed by atoms with E-state index >= 15 is 0 Å². The Morgan fingerprint density at radius 3 is 1.28 bits per heavy atom. The molecule has 0 aromatic heterocycles. The number of amides is 1. The van der Waals surface area contributed by atoms with Crippen LogP contribution in [0.5, 0.6) is 0 Å². The average Bonchev–Trinajstić information content (AvgIpc) is 3.26. The van der Waals surface area contributed by atoms with Crippen LogP contribution in [0.25, 0.3) is 0 Å². The van der Waals surface area contributed by atoms with E-state index in [-0.39, 0.29) is 18.5 Å². The Bertz CT molecular complexity index is 993. The Labute approximate surface area is 379 Å². The fourth-order valence-electron chi connectivity index (χ4n) is 8.02. The van der Waals surface area contributed by atoms with Gasteiger partial charge < -0.3 is 20.3 Å². The summed E-state index contributed by atoms with van der Waals surface area (Å²) in [6.07, 6.45) is 61.6. The van der Waals surface area contributed by atoms with Crippen LogP contribution in [-0.2, 0) is 14.3 Å². The minimum atomic E-state index is -0.843. The molecule has 6 nitrogen and oxygen atoms in total. The lowest BCUT2D eigenvalue weighted by molar-refractivity contribution is -0.143. The first-order chi connectivity index (χ1) is 30.0. The van der Waals surface area contributed by atoms with Gasteiger partial charge in [0.25, 0.3) is 0 Å². The molecule has 0 radical (unpaired) electrons. The van der Waals surface area contributed by atoms with Crippen LogP contribution in [0.1, 0.15) is 277 Å². The maximum absolute atomic E-state index is 12.4. The Kier molecular flexibility index (Phi) is 49.1. The third kappa shape index (κ3) is 47.4. The van der Waals surface area contributed by atoms with Crippen molar-refractivity contribution in [3.63, 3.8) is 0 Å². The molecule has 0 aromatic carbocycles. The molecule has 2 atom stereocenters. The standard InChI is InChI=1S/C55H103NO5/c1-3-5-7-9-11-13-14-15-22-26-29-33-37-41-45-49-55(60)61-50-46-42-38-34-30-27-24-21-19-17-16-18-20-23-25-28-32-36-40-44-48-54(59)56-52(51-57)53(58)47-43-39-35-31-12-10-8-6-4-2/h11,13,15,22,43,47,52-53,57-58H,3-10,12,14,16-21,23-42,44-46,48-51H2,1-2H3,(H,56,59)/b13-11-,22-15-,47-43+. The molecule has 0 aliphatic carbocycles. The van der Waals surface area contributed by atoms with Gasteiger partial charge in [-0.15, -0.1) is 0 Å². The molecule has 0 rings (SSSR count). The highest BCUT2D eigenvalue weighted by molar-refractivity contribution is 5.76. The van der Waals surface area contributed by atoms with Gasteiger partial charge in [0.2, 0.25) is 5.91 Å². The van der Waals surface area contributed by atoms with Gasteiger partial charge in [-0.2, -0.15) is 0 Å². The molecule has 61 heavy (non-hydrogen) atoms. The van der Waals surface area contributed by atoms with Gasteiger partial charge in [0.05, 0.1) is 25.4 Å². The van der Waals surface area contributed by atoms with E-state index in [0.29, 0.717) is 19.4 Å². The van der Waals surface area contributed by atoms with Crippen molar-refractivity contribution in [3.8, 4) is 0 Å². The van der Waals surface area contributed by atoms with Crippen LogP contribution in [0.3, 0.4) is 0 Å². The largest absolute Gasteiger partial charge is 0.466 e. The zero-order valence-electron chi connectivity index (χ0n) is 40.6. The van der Waals surface area contributed by atoms with Crippen molar-refractivity contribution < 1.29 is 24.5 Å². The van der Waals surface area contributed by atoms with Crippen LogP contribution in [0.4, 0.5) is 0 Å². The number of unbranched alkanes of at least 4 members (excludes halogenated alkanes) is 34. The number of esters is 1. The number of rotatable bonds is 49. The van der Waals surface area contributed by atoms with Gasteiger partial charge in [0, 0.05) is 12.8 Å². The van der Waals surface area contributed by atoms with Crippen LogP contribution in [0.15, 0.2) is 36.5 Å². The Morgan fingerprint density at radius 1 is 0.459 bits per heavy atom. The highest BCUT2D eigenvalue weighted by atomic mass is 16.5. The number of aliphatic hydroxyl groups is 2. The molecule has 0 saturated carbocycles. The first-order valence-corrected chi connectivity index (χ1v) is 26.8. The fraction of sp³-hybridized carbons (Fsp3) is 0.855. The molecule has 2 unspecified atom stereocenters. The van der Waals surface area contributed by atoms with Gasteiger partial charge in [-0.3, -0.25) is 9.59 Å². The van der Waals surface area contributed by atoms with Gasteiger partial charge in [0.15, 0.2) is 0 Å². The van der Waals surface area contributed by atoms with Crippen molar-refractivity contribution in [3.05, 3.63) is 36.5 Å². The molecule has 3 N–H and O–H groups in total. The fourth-order valence-corrected chi connectivity index (χ4v) is 8.02. The van der Waals surface area contributed by atoms with E-state index in [1.54, 1.807) is 6.08 Å². The van der Waals surface area contributed by atoms with Crippen molar-refractivity contribution >= 4 is 11.9 Å².